The van der Waals surface area contributed by atoms with Crippen LogP contribution in [-0.4, -0.2) is 19.6 Å². The lowest BCUT2D eigenvalue weighted by atomic mass is 10.2. The molecule has 0 aliphatic carbocycles. The molecular weight excluding hydrogens is 290 g/mol. The molecule has 0 aliphatic rings. The number of hydrogen-bond donors (Lipinski definition) is 1. The SMILES string of the molecule is CCOc1ccc(CNC(=O)/C=C/c2ccccc2OC)cc1. The third-order valence-electron chi connectivity index (χ3n) is 3.25. The van der Waals surface area contributed by atoms with Crippen LogP contribution in [0.25, 0.3) is 6.08 Å². The van der Waals surface area contributed by atoms with Crippen molar-refractivity contribution in [1.29, 1.82) is 0 Å². The van der Waals surface area contributed by atoms with Crippen molar-refractivity contribution in [2.24, 2.45) is 0 Å². The maximum atomic E-state index is 11.9. The number of carbonyl (C=O) groups excluding carboxylic acids is 1. The third-order valence-corrected chi connectivity index (χ3v) is 3.25. The van der Waals surface area contributed by atoms with Crippen molar-refractivity contribution in [1.82, 2.24) is 5.32 Å². The van der Waals surface area contributed by atoms with E-state index in [1.165, 1.54) is 6.08 Å². The van der Waals surface area contributed by atoms with Gasteiger partial charge in [0.2, 0.25) is 5.91 Å². The van der Waals surface area contributed by atoms with Crippen LogP contribution in [0.5, 0.6) is 11.5 Å². The van der Waals surface area contributed by atoms with Gasteiger partial charge < -0.3 is 14.8 Å². The Labute approximate surface area is 136 Å². The molecule has 0 aliphatic heterocycles. The molecule has 0 aromatic heterocycles. The zero-order chi connectivity index (χ0) is 16.5. The fraction of sp³-hybridized carbons (Fsp3) is 0.211. The minimum atomic E-state index is -0.148. The summed E-state index contributed by atoms with van der Waals surface area (Å²) in [5.41, 5.74) is 1.89. The molecule has 4 heteroatoms. The zero-order valence-corrected chi connectivity index (χ0v) is 13.4. The molecule has 0 spiro atoms. The van der Waals surface area contributed by atoms with Crippen LogP contribution in [0, 0.1) is 0 Å². The summed E-state index contributed by atoms with van der Waals surface area (Å²) in [6.07, 6.45) is 3.25. The second-order valence-electron chi connectivity index (χ2n) is 4.87. The monoisotopic (exact) mass is 311 g/mol. The number of benzene rings is 2. The molecule has 0 atom stereocenters. The fourth-order valence-corrected chi connectivity index (χ4v) is 2.09. The minimum Gasteiger partial charge on any atom is -0.496 e. The lowest BCUT2D eigenvalue weighted by Crippen LogP contribution is -2.20. The van der Waals surface area contributed by atoms with Gasteiger partial charge in [0.25, 0.3) is 0 Å². The van der Waals surface area contributed by atoms with Crippen LogP contribution in [0.15, 0.2) is 54.6 Å². The molecule has 0 saturated heterocycles. The molecule has 0 heterocycles. The topological polar surface area (TPSA) is 47.6 Å². The van der Waals surface area contributed by atoms with E-state index in [1.807, 2.05) is 55.5 Å². The summed E-state index contributed by atoms with van der Waals surface area (Å²) in [6, 6.07) is 15.2. The van der Waals surface area contributed by atoms with E-state index in [4.69, 9.17) is 9.47 Å². The maximum Gasteiger partial charge on any atom is 0.244 e. The van der Waals surface area contributed by atoms with Crippen LogP contribution in [0.1, 0.15) is 18.1 Å². The van der Waals surface area contributed by atoms with Gasteiger partial charge in [-0.05, 0) is 36.8 Å². The minimum absolute atomic E-state index is 0.148. The van der Waals surface area contributed by atoms with Crippen LogP contribution in [-0.2, 0) is 11.3 Å². The van der Waals surface area contributed by atoms with Crippen LogP contribution < -0.4 is 14.8 Å². The van der Waals surface area contributed by atoms with E-state index in [2.05, 4.69) is 5.32 Å². The van der Waals surface area contributed by atoms with E-state index >= 15 is 0 Å². The van der Waals surface area contributed by atoms with Crippen LogP contribution in [0.3, 0.4) is 0 Å². The molecule has 2 aromatic rings. The van der Waals surface area contributed by atoms with Gasteiger partial charge in [-0.3, -0.25) is 4.79 Å². The predicted octanol–water partition coefficient (Wildman–Crippen LogP) is 3.42. The summed E-state index contributed by atoms with van der Waals surface area (Å²) < 4.78 is 10.6. The summed E-state index contributed by atoms with van der Waals surface area (Å²) in [5, 5.41) is 2.85. The largest absolute Gasteiger partial charge is 0.496 e. The van der Waals surface area contributed by atoms with Crippen molar-refractivity contribution in [2.75, 3.05) is 13.7 Å². The highest BCUT2D eigenvalue weighted by Gasteiger charge is 2.00. The Morgan fingerprint density at radius 1 is 1.13 bits per heavy atom. The van der Waals surface area contributed by atoms with Gasteiger partial charge in [-0.25, -0.2) is 0 Å². The molecule has 0 bridgehead atoms. The number of methoxy groups -OCH3 is 1. The van der Waals surface area contributed by atoms with E-state index in [0.717, 1.165) is 22.6 Å². The summed E-state index contributed by atoms with van der Waals surface area (Å²) in [6.45, 7) is 3.06. The Kier molecular flexibility index (Phi) is 6.24. The van der Waals surface area contributed by atoms with Gasteiger partial charge in [-0.15, -0.1) is 0 Å². The molecule has 0 fully saturated rings. The molecule has 4 nitrogen and oxygen atoms in total. The van der Waals surface area contributed by atoms with Crippen molar-refractivity contribution in [2.45, 2.75) is 13.5 Å². The average molecular weight is 311 g/mol. The zero-order valence-electron chi connectivity index (χ0n) is 13.4. The molecule has 1 amide bonds. The van der Waals surface area contributed by atoms with Gasteiger partial charge >= 0.3 is 0 Å². The van der Waals surface area contributed by atoms with Crippen molar-refractivity contribution in [3.8, 4) is 11.5 Å². The summed E-state index contributed by atoms with van der Waals surface area (Å²) in [7, 11) is 1.61. The van der Waals surface area contributed by atoms with E-state index in [-0.39, 0.29) is 5.91 Å². The molecule has 1 N–H and O–H groups in total. The lowest BCUT2D eigenvalue weighted by Gasteiger charge is -2.06. The van der Waals surface area contributed by atoms with Gasteiger partial charge in [-0.2, -0.15) is 0 Å². The fourth-order valence-electron chi connectivity index (χ4n) is 2.09. The highest BCUT2D eigenvalue weighted by molar-refractivity contribution is 5.92. The Hall–Kier alpha value is -2.75. The first-order valence-electron chi connectivity index (χ1n) is 7.53. The second kappa shape index (κ2) is 8.63. The molecule has 2 rings (SSSR count). The quantitative estimate of drug-likeness (QED) is 0.797. The molecule has 0 saturated carbocycles. The third kappa shape index (κ3) is 5.18. The first-order valence-corrected chi connectivity index (χ1v) is 7.53. The van der Waals surface area contributed by atoms with Gasteiger partial charge in [0.1, 0.15) is 11.5 Å². The van der Waals surface area contributed by atoms with E-state index in [9.17, 15) is 4.79 Å². The molecule has 0 radical (unpaired) electrons. The molecular formula is C19H21NO3. The Morgan fingerprint density at radius 2 is 1.87 bits per heavy atom. The first kappa shape index (κ1) is 16.6. The van der Waals surface area contributed by atoms with Crippen LogP contribution in [0.2, 0.25) is 0 Å². The number of hydrogen-bond acceptors (Lipinski definition) is 3. The maximum absolute atomic E-state index is 11.9. The van der Waals surface area contributed by atoms with E-state index < -0.39 is 0 Å². The summed E-state index contributed by atoms with van der Waals surface area (Å²) in [5.74, 6) is 1.42. The molecule has 120 valence electrons. The number of para-hydroxylation sites is 1. The van der Waals surface area contributed by atoms with Crippen molar-refractivity contribution < 1.29 is 14.3 Å². The van der Waals surface area contributed by atoms with Crippen LogP contribution in [0.4, 0.5) is 0 Å². The highest BCUT2D eigenvalue weighted by atomic mass is 16.5. The molecule has 23 heavy (non-hydrogen) atoms. The molecule has 2 aromatic carbocycles. The van der Waals surface area contributed by atoms with Crippen molar-refractivity contribution in [3.63, 3.8) is 0 Å². The highest BCUT2D eigenvalue weighted by Crippen LogP contribution is 2.18. The normalized spacial score (nSPS) is 10.5. The van der Waals surface area contributed by atoms with E-state index in [0.29, 0.717) is 13.2 Å². The number of carbonyl (C=O) groups is 1. The Morgan fingerprint density at radius 3 is 2.57 bits per heavy atom. The average Bonchev–Trinajstić information content (AvgIpc) is 2.60. The predicted molar refractivity (Wildman–Crippen MR) is 91.5 cm³/mol. The van der Waals surface area contributed by atoms with Gasteiger partial charge in [0.15, 0.2) is 0 Å². The summed E-state index contributed by atoms with van der Waals surface area (Å²) in [4.78, 5) is 11.9. The smallest absolute Gasteiger partial charge is 0.244 e. The number of rotatable bonds is 7. The standard InChI is InChI=1S/C19H21NO3/c1-3-23-17-11-8-15(9-12-17)14-20-19(21)13-10-16-6-4-5-7-18(16)22-2/h4-13H,3,14H2,1-2H3,(H,20,21)/b13-10+. The second-order valence-corrected chi connectivity index (χ2v) is 4.87. The number of amides is 1. The van der Waals surface area contributed by atoms with Gasteiger partial charge in [-0.1, -0.05) is 30.3 Å². The number of ether oxygens (including phenoxy) is 2. The Balaban J connectivity index is 1.88. The van der Waals surface area contributed by atoms with Crippen LogP contribution >= 0.6 is 0 Å². The number of nitrogens with one attached hydrogen (secondary N) is 1. The lowest BCUT2D eigenvalue weighted by molar-refractivity contribution is -0.116. The molecule has 0 unspecified atom stereocenters. The van der Waals surface area contributed by atoms with Gasteiger partial charge in [0, 0.05) is 18.2 Å². The Bertz CT molecular complexity index is 663. The van der Waals surface area contributed by atoms with Crippen molar-refractivity contribution >= 4 is 12.0 Å². The van der Waals surface area contributed by atoms with Gasteiger partial charge in [0.05, 0.1) is 13.7 Å². The van der Waals surface area contributed by atoms with E-state index in [1.54, 1.807) is 13.2 Å². The first-order chi connectivity index (χ1) is 11.2. The summed E-state index contributed by atoms with van der Waals surface area (Å²) >= 11 is 0. The van der Waals surface area contributed by atoms with Crippen molar-refractivity contribution in [3.05, 3.63) is 65.7 Å².